The molecule has 8 N–H and O–H groups in total. The number of nitrogens with zero attached hydrogens (tertiary/aromatic N) is 3. The van der Waals surface area contributed by atoms with Gasteiger partial charge in [0.05, 0.1) is 6.61 Å². The van der Waals surface area contributed by atoms with Crippen LogP contribution in [0.4, 0.5) is 11.6 Å². The van der Waals surface area contributed by atoms with E-state index >= 15 is 0 Å². The van der Waals surface area contributed by atoms with Crippen molar-refractivity contribution in [2.75, 3.05) is 18.1 Å². The molecule has 3 heterocycles. The van der Waals surface area contributed by atoms with Crippen molar-refractivity contribution >= 4 is 11.6 Å². The molecule has 4 atom stereocenters. The summed E-state index contributed by atoms with van der Waals surface area (Å²) in [5.41, 5.74) is 11.1. The Morgan fingerprint density at radius 3 is 2.41 bits per heavy atom. The van der Waals surface area contributed by atoms with E-state index in [9.17, 15) is 19.8 Å². The van der Waals surface area contributed by atoms with Crippen molar-refractivity contribution in [1.82, 2.24) is 19.5 Å². The van der Waals surface area contributed by atoms with Crippen LogP contribution in [0, 0.1) is 13.8 Å². The molecule has 148 valence electrons. The number of anilines is 2. The fourth-order valence-electron chi connectivity index (χ4n) is 2.34. The molecule has 3 rings (SSSR count). The zero-order valence-electron chi connectivity index (χ0n) is 14.7. The standard InChI is InChI=1S/C10H15N3O5.C5H7N3O/c1-4-2-13(10(17)12-8(4)11)9-7(16)6(15)5(3-14)18-9;1-3-2-7-5(9)8-4(3)6/h2,5-7,9,14-16H,3H2,1H3,(H2,11,12,17);2H,1H3,(H3,6,7,8,9)/t5-,6-,7-,9-;/m1./s1. The Morgan fingerprint density at radius 2 is 1.89 bits per heavy atom. The molecule has 2 aromatic rings. The van der Waals surface area contributed by atoms with Crippen molar-refractivity contribution in [2.45, 2.75) is 38.4 Å². The maximum Gasteiger partial charge on any atom is 0.351 e. The van der Waals surface area contributed by atoms with Gasteiger partial charge < -0.3 is 31.5 Å². The summed E-state index contributed by atoms with van der Waals surface area (Å²) in [6.45, 7) is 2.97. The van der Waals surface area contributed by atoms with Crippen LogP contribution in [0.1, 0.15) is 17.4 Å². The Bertz CT molecular complexity index is 912. The number of aryl methyl sites for hydroxylation is 2. The molecule has 12 nitrogen and oxygen atoms in total. The van der Waals surface area contributed by atoms with Gasteiger partial charge in [-0.25, -0.2) is 14.6 Å². The molecule has 0 aliphatic carbocycles. The summed E-state index contributed by atoms with van der Waals surface area (Å²) in [5, 5.41) is 28.4. The maximum absolute atomic E-state index is 11.7. The molecule has 12 heteroatoms. The minimum atomic E-state index is -1.32. The third kappa shape index (κ3) is 4.49. The summed E-state index contributed by atoms with van der Waals surface area (Å²) in [6, 6.07) is 0. The molecule has 0 saturated carbocycles. The first-order valence-electron chi connectivity index (χ1n) is 7.94. The fourth-order valence-corrected chi connectivity index (χ4v) is 2.34. The van der Waals surface area contributed by atoms with Gasteiger partial charge in [0.15, 0.2) is 6.23 Å². The van der Waals surface area contributed by atoms with Crippen LogP contribution >= 0.6 is 0 Å². The number of ether oxygens (including phenoxy) is 1. The molecule has 0 aromatic carbocycles. The first kappa shape index (κ1) is 20.5. The smallest absolute Gasteiger partial charge is 0.351 e. The Hall–Kier alpha value is -2.80. The quantitative estimate of drug-likeness (QED) is 0.320. The van der Waals surface area contributed by atoms with Gasteiger partial charge in [-0.15, -0.1) is 0 Å². The van der Waals surface area contributed by atoms with Gasteiger partial charge in [0.2, 0.25) is 0 Å². The maximum atomic E-state index is 11.7. The summed E-state index contributed by atoms with van der Waals surface area (Å²) in [4.78, 5) is 31.4. The van der Waals surface area contributed by atoms with Crippen molar-refractivity contribution in [3.8, 4) is 0 Å². The van der Waals surface area contributed by atoms with Crippen LogP contribution in [0.15, 0.2) is 22.0 Å². The van der Waals surface area contributed by atoms with Gasteiger partial charge in [0.25, 0.3) is 0 Å². The summed E-state index contributed by atoms with van der Waals surface area (Å²) in [7, 11) is 0. The van der Waals surface area contributed by atoms with E-state index in [1.165, 1.54) is 12.4 Å². The second kappa shape index (κ2) is 8.26. The molecule has 1 fully saturated rings. The molecule has 0 spiro atoms. The second-order valence-corrected chi connectivity index (χ2v) is 6.01. The number of hydrogen-bond acceptors (Lipinski definition) is 10. The van der Waals surface area contributed by atoms with Gasteiger partial charge in [-0.3, -0.25) is 9.55 Å². The Labute approximate surface area is 153 Å². The van der Waals surface area contributed by atoms with E-state index in [0.29, 0.717) is 11.4 Å². The van der Waals surface area contributed by atoms with Crippen molar-refractivity contribution in [2.24, 2.45) is 0 Å². The molecule has 1 aliphatic rings. The van der Waals surface area contributed by atoms with Crippen molar-refractivity contribution in [3.05, 3.63) is 44.5 Å². The average Bonchev–Trinajstić information content (AvgIpc) is 2.90. The lowest BCUT2D eigenvalue weighted by atomic mass is 10.1. The molecule has 1 aliphatic heterocycles. The zero-order valence-corrected chi connectivity index (χ0v) is 14.7. The lowest BCUT2D eigenvalue weighted by Crippen LogP contribution is -2.36. The van der Waals surface area contributed by atoms with Crippen LogP contribution in [0.3, 0.4) is 0 Å². The number of hydrogen-bond donors (Lipinski definition) is 6. The first-order valence-corrected chi connectivity index (χ1v) is 7.94. The summed E-state index contributed by atoms with van der Waals surface area (Å²) in [5.74, 6) is 0.484. The van der Waals surface area contributed by atoms with E-state index in [0.717, 1.165) is 10.1 Å². The lowest BCUT2D eigenvalue weighted by molar-refractivity contribution is -0.0550. The topological polar surface area (TPSA) is 203 Å². The number of H-pyrrole nitrogens is 1. The fraction of sp³-hybridized carbons (Fsp3) is 0.467. The number of nitrogens with two attached hydrogens (primary N) is 2. The number of nitrogen functional groups attached to an aromatic ring is 2. The van der Waals surface area contributed by atoms with Crippen LogP contribution in [0.5, 0.6) is 0 Å². The van der Waals surface area contributed by atoms with Gasteiger partial charge in [-0.2, -0.15) is 4.98 Å². The third-order valence-electron chi connectivity index (χ3n) is 4.01. The highest BCUT2D eigenvalue weighted by Crippen LogP contribution is 2.28. The van der Waals surface area contributed by atoms with E-state index in [4.69, 9.17) is 21.3 Å². The molecule has 0 unspecified atom stereocenters. The van der Waals surface area contributed by atoms with Crippen LogP contribution in [-0.2, 0) is 4.74 Å². The van der Waals surface area contributed by atoms with Gasteiger partial charge in [0, 0.05) is 23.5 Å². The number of aliphatic hydroxyl groups excluding tert-OH is 3. The molecular weight excluding hydrogens is 360 g/mol. The second-order valence-electron chi connectivity index (χ2n) is 6.01. The number of rotatable bonds is 2. The Morgan fingerprint density at radius 1 is 1.22 bits per heavy atom. The van der Waals surface area contributed by atoms with Gasteiger partial charge >= 0.3 is 11.4 Å². The SMILES string of the molecule is Cc1cn([C@@H]2O[C@H](CO)[C@@H](O)[C@H]2O)c(=O)nc1N.Cc1cnc(=O)[nH]c1N. The van der Waals surface area contributed by atoms with Crippen LogP contribution in [0.25, 0.3) is 0 Å². The Balaban J connectivity index is 0.000000244. The zero-order chi connectivity index (χ0) is 20.3. The van der Waals surface area contributed by atoms with Crippen molar-refractivity contribution in [3.63, 3.8) is 0 Å². The average molecular weight is 382 g/mol. The van der Waals surface area contributed by atoms with Crippen molar-refractivity contribution in [1.29, 1.82) is 0 Å². The molecule has 1 saturated heterocycles. The van der Waals surface area contributed by atoms with Crippen LogP contribution < -0.4 is 22.8 Å². The normalized spacial score (nSPS) is 24.3. The van der Waals surface area contributed by atoms with Crippen LogP contribution in [0.2, 0.25) is 0 Å². The monoisotopic (exact) mass is 382 g/mol. The minimum Gasteiger partial charge on any atom is -0.394 e. The first-order chi connectivity index (χ1) is 12.6. The van der Waals surface area contributed by atoms with E-state index in [1.54, 1.807) is 13.8 Å². The number of aliphatic hydroxyl groups is 3. The molecule has 0 bridgehead atoms. The van der Waals surface area contributed by atoms with Crippen molar-refractivity contribution < 1.29 is 20.1 Å². The lowest BCUT2D eigenvalue weighted by Gasteiger charge is -2.17. The van der Waals surface area contributed by atoms with Gasteiger partial charge in [0.1, 0.15) is 29.9 Å². The third-order valence-corrected chi connectivity index (χ3v) is 4.01. The molecule has 0 radical (unpaired) electrons. The predicted octanol–water partition coefficient (Wildman–Crippen LogP) is -2.59. The van der Waals surface area contributed by atoms with Gasteiger partial charge in [-0.05, 0) is 13.8 Å². The minimum absolute atomic E-state index is 0.1000. The van der Waals surface area contributed by atoms with E-state index < -0.39 is 42.5 Å². The largest absolute Gasteiger partial charge is 0.394 e. The van der Waals surface area contributed by atoms with Crippen LogP contribution in [-0.4, -0.2) is 59.8 Å². The summed E-state index contributed by atoms with van der Waals surface area (Å²) in [6.07, 6.45) is -1.76. The van der Waals surface area contributed by atoms with E-state index in [1.807, 2.05) is 0 Å². The van der Waals surface area contributed by atoms with Gasteiger partial charge in [-0.1, -0.05) is 0 Å². The highest BCUT2D eigenvalue weighted by molar-refractivity contribution is 5.35. The highest BCUT2D eigenvalue weighted by atomic mass is 16.6. The van der Waals surface area contributed by atoms with E-state index in [-0.39, 0.29) is 5.82 Å². The number of aromatic nitrogens is 4. The predicted molar refractivity (Wildman–Crippen MR) is 94.7 cm³/mol. The molecule has 0 amide bonds. The molecule has 27 heavy (non-hydrogen) atoms. The van der Waals surface area contributed by atoms with E-state index in [2.05, 4.69) is 15.0 Å². The number of nitrogens with one attached hydrogen (secondary N) is 1. The number of aromatic amines is 1. The summed E-state index contributed by atoms with van der Waals surface area (Å²) >= 11 is 0. The summed E-state index contributed by atoms with van der Waals surface area (Å²) < 4.78 is 6.28. The molecule has 2 aromatic heterocycles. The Kier molecular flexibility index (Phi) is 6.28. The molecular formula is C15H22N6O6. The highest BCUT2D eigenvalue weighted by Gasteiger charge is 2.43.